The summed E-state index contributed by atoms with van der Waals surface area (Å²) in [5, 5.41) is 11.6. The number of rotatable bonds is 6. The molecule has 2 N–H and O–H groups in total. The molecule has 1 aliphatic carbocycles. The van der Waals surface area contributed by atoms with Crippen LogP contribution in [0.2, 0.25) is 0 Å². The van der Waals surface area contributed by atoms with Crippen LogP contribution in [0.25, 0.3) is 0 Å². The van der Waals surface area contributed by atoms with Crippen LogP contribution >= 0.6 is 0 Å². The summed E-state index contributed by atoms with van der Waals surface area (Å²) in [6, 6.07) is 0. The maximum atomic E-state index is 12.1. The summed E-state index contributed by atoms with van der Waals surface area (Å²) in [5.41, 5.74) is 0. The summed E-state index contributed by atoms with van der Waals surface area (Å²) in [5.74, 6) is -0.192. The van der Waals surface area contributed by atoms with Gasteiger partial charge in [-0.05, 0) is 25.2 Å². The number of nitrogens with one attached hydrogen (secondary N) is 1. The molecule has 0 heterocycles. The number of hydrogen-bond acceptors (Lipinski definition) is 2. The van der Waals surface area contributed by atoms with Gasteiger partial charge in [0.1, 0.15) is 0 Å². The van der Waals surface area contributed by atoms with E-state index in [1.807, 2.05) is 6.92 Å². The highest BCUT2D eigenvalue weighted by atomic mass is 16.4. The minimum absolute atomic E-state index is 0.170. The van der Waals surface area contributed by atoms with Crippen LogP contribution in [0.1, 0.15) is 64.7 Å². The van der Waals surface area contributed by atoms with Crippen molar-refractivity contribution in [3.05, 3.63) is 0 Å². The molecule has 1 saturated carbocycles. The molecule has 4 nitrogen and oxygen atoms in total. The van der Waals surface area contributed by atoms with E-state index >= 15 is 0 Å². The number of carboxylic acid groups (broad SMARTS) is 1. The predicted octanol–water partition coefficient (Wildman–Crippen LogP) is 2.96. The largest absolute Gasteiger partial charge is 0.481 e. The van der Waals surface area contributed by atoms with Crippen molar-refractivity contribution in [1.29, 1.82) is 0 Å². The van der Waals surface area contributed by atoms with Gasteiger partial charge in [-0.25, -0.2) is 0 Å². The van der Waals surface area contributed by atoms with Gasteiger partial charge in [0.25, 0.3) is 0 Å². The third-order valence-corrected chi connectivity index (χ3v) is 3.95. The zero-order valence-electron chi connectivity index (χ0n) is 12.0. The van der Waals surface area contributed by atoms with Gasteiger partial charge in [0.15, 0.2) is 0 Å². The molecule has 1 fully saturated rings. The quantitative estimate of drug-likeness (QED) is 0.779. The van der Waals surface area contributed by atoms with Gasteiger partial charge in [-0.2, -0.15) is 0 Å². The maximum Gasteiger partial charge on any atom is 0.303 e. The van der Waals surface area contributed by atoms with E-state index < -0.39 is 5.97 Å². The normalized spacial score (nSPS) is 19.2. The molecule has 0 saturated heterocycles. The van der Waals surface area contributed by atoms with Crippen LogP contribution < -0.4 is 5.32 Å². The molecule has 1 amide bonds. The lowest BCUT2D eigenvalue weighted by molar-refractivity contribution is -0.137. The first-order valence-electron chi connectivity index (χ1n) is 7.59. The second-order valence-corrected chi connectivity index (χ2v) is 5.82. The summed E-state index contributed by atoms with van der Waals surface area (Å²) >= 11 is 0. The molecule has 19 heavy (non-hydrogen) atoms. The Balaban J connectivity index is 2.22. The summed E-state index contributed by atoms with van der Waals surface area (Å²) in [7, 11) is 0. The minimum Gasteiger partial charge on any atom is -0.481 e. The topological polar surface area (TPSA) is 66.4 Å². The highest BCUT2D eigenvalue weighted by Gasteiger charge is 2.19. The van der Waals surface area contributed by atoms with Gasteiger partial charge < -0.3 is 10.4 Å². The fraction of sp³-hybridized carbons (Fsp3) is 0.867. The Kier molecular flexibility index (Phi) is 7.53. The van der Waals surface area contributed by atoms with Gasteiger partial charge in [0, 0.05) is 18.9 Å². The van der Waals surface area contributed by atoms with Crippen molar-refractivity contribution in [3.8, 4) is 0 Å². The number of carbonyl (C=O) groups is 2. The summed E-state index contributed by atoms with van der Waals surface area (Å²) in [4.78, 5) is 22.6. The molecular formula is C15H27NO3. The number of carboxylic acids is 1. The molecule has 0 aromatic carbocycles. The molecule has 0 aliphatic heterocycles. The first-order valence-corrected chi connectivity index (χ1v) is 7.59. The third-order valence-electron chi connectivity index (χ3n) is 3.95. The van der Waals surface area contributed by atoms with Crippen molar-refractivity contribution in [1.82, 2.24) is 5.32 Å². The average Bonchev–Trinajstić information content (AvgIpc) is 2.33. The van der Waals surface area contributed by atoms with Crippen LogP contribution in [0.15, 0.2) is 0 Å². The summed E-state index contributed by atoms with van der Waals surface area (Å²) < 4.78 is 0. The first kappa shape index (κ1) is 16.0. The Hall–Kier alpha value is -1.06. The molecule has 0 spiro atoms. The van der Waals surface area contributed by atoms with Crippen LogP contribution in [0, 0.1) is 11.8 Å². The molecule has 0 bridgehead atoms. The molecule has 0 radical (unpaired) electrons. The first-order chi connectivity index (χ1) is 9.09. The van der Waals surface area contributed by atoms with Crippen molar-refractivity contribution in [2.45, 2.75) is 64.7 Å². The van der Waals surface area contributed by atoms with Crippen LogP contribution in [0.3, 0.4) is 0 Å². The van der Waals surface area contributed by atoms with E-state index in [2.05, 4.69) is 5.32 Å². The predicted molar refractivity (Wildman–Crippen MR) is 74.9 cm³/mol. The lowest BCUT2D eigenvalue weighted by atomic mass is 9.90. The van der Waals surface area contributed by atoms with E-state index in [9.17, 15) is 9.59 Å². The fourth-order valence-electron chi connectivity index (χ4n) is 2.61. The number of amides is 1. The van der Waals surface area contributed by atoms with Gasteiger partial charge in [-0.1, -0.05) is 39.0 Å². The summed E-state index contributed by atoms with van der Waals surface area (Å²) in [6.07, 6.45) is 8.95. The van der Waals surface area contributed by atoms with Crippen molar-refractivity contribution in [2.75, 3.05) is 6.54 Å². The second-order valence-electron chi connectivity index (χ2n) is 5.82. The Morgan fingerprint density at radius 3 is 2.32 bits per heavy atom. The molecule has 0 aromatic rings. The monoisotopic (exact) mass is 269 g/mol. The molecule has 0 aromatic heterocycles. The minimum atomic E-state index is -0.766. The lowest BCUT2D eigenvalue weighted by Gasteiger charge is -2.20. The Bertz CT molecular complexity index is 283. The molecule has 1 aliphatic rings. The fourth-order valence-corrected chi connectivity index (χ4v) is 2.61. The smallest absolute Gasteiger partial charge is 0.303 e. The standard InChI is InChI=1S/C15H27NO3/c1-12(9-10-14(17)18)11-16-15(19)13-7-5-3-2-4-6-8-13/h12-13H,2-11H2,1H3,(H,16,19)(H,17,18). The van der Waals surface area contributed by atoms with Gasteiger partial charge >= 0.3 is 5.97 Å². The van der Waals surface area contributed by atoms with Crippen LogP contribution in [-0.2, 0) is 9.59 Å². The number of hydrogen-bond donors (Lipinski definition) is 2. The van der Waals surface area contributed by atoms with E-state index in [1.165, 1.54) is 19.3 Å². The highest BCUT2D eigenvalue weighted by molar-refractivity contribution is 5.78. The molecule has 4 heteroatoms. The van der Waals surface area contributed by atoms with E-state index in [-0.39, 0.29) is 24.2 Å². The highest BCUT2D eigenvalue weighted by Crippen LogP contribution is 2.22. The van der Waals surface area contributed by atoms with Crippen molar-refractivity contribution in [3.63, 3.8) is 0 Å². The summed E-state index contributed by atoms with van der Waals surface area (Å²) in [6.45, 7) is 2.59. The third kappa shape index (κ3) is 7.19. The zero-order chi connectivity index (χ0) is 14.1. The molecule has 1 rings (SSSR count). The van der Waals surface area contributed by atoms with Crippen molar-refractivity contribution in [2.24, 2.45) is 11.8 Å². The van der Waals surface area contributed by atoms with Gasteiger partial charge in [0.2, 0.25) is 5.91 Å². The SMILES string of the molecule is CC(CCC(=O)O)CNC(=O)C1CCCCCCC1. The van der Waals surface area contributed by atoms with Crippen LogP contribution in [0.4, 0.5) is 0 Å². The average molecular weight is 269 g/mol. The van der Waals surface area contributed by atoms with Gasteiger partial charge in [0.05, 0.1) is 0 Å². The van der Waals surface area contributed by atoms with E-state index in [4.69, 9.17) is 5.11 Å². The van der Waals surface area contributed by atoms with Crippen molar-refractivity contribution >= 4 is 11.9 Å². The maximum absolute atomic E-state index is 12.1. The van der Waals surface area contributed by atoms with Crippen LogP contribution in [-0.4, -0.2) is 23.5 Å². The Labute approximate surface area is 116 Å². The van der Waals surface area contributed by atoms with E-state index in [0.717, 1.165) is 25.7 Å². The molecule has 110 valence electrons. The lowest BCUT2D eigenvalue weighted by Crippen LogP contribution is -2.34. The van der Waals surface area contributed by atoms with Crippen molar-refractivity contribution < 1.29 is 14.7 Å². The zero-order valence-corrected chi connectivity index (χ0v) is 12.0. The van der Waals surface area contributed by atoms with Gasteiger partial charge in [-0.15, -0.1) is 0 Å². The second kappa shape index (κ2) is 8.94. The Morgan fingerprint density at radius 2 is 1.74 bits per heavy atom. The molecule has 1 unspecified atom stereocenters. The van der Waals surface area contributed by atoms with E-state index in [1.54, 1.807) is 0 Å². The number of aliphatic carboxylic acids is 1. The Morgan fingerprint density at radius 1 is 1.16 bits per heavy atom. The van der Waals surface area contributed by atoms with Crippen LogP contribution in [0.5, 0.6) is 0 Å². The molecule has 1 atom stereocenters. The van der Waals surface area contributed by atoms with Gasteiger partial charge in [-0.3, -0.25) is 9.59 Å². The van der Waals surface area contributed by atoms with E-state index in [0.29, 0.717) is 13.0 Å². The number of carbonyl (C=O) groups excluding carboxylic acids is 1. The molecular weight excluding hydrogens is 242 g/mol.